The molecule has 4 nitrogen and oxygen atoms in total. The molecule has 21 heavy (non-hydrogen) atoms. The maximum Gasteiger partial charge on any atom is 0.269 e. The second-order valence-corrected chi connectivity index (χ2v) is 6.15. The van der Waals surface area contributed by atoms with Gasteiger partial charge in [0, 0.05) is 29.2 Å². The minimum atomic E-state index is -0.373. The third-order valence-corrected chi connectivity index (χ3v) is 4.38. The Hall–Kier alpha value is -1.72. The fraction of sp³-hybridized carbons (Fsp3) is 0.250. The van der Waals surface area contributed by atoms with Crippen molar-refractivity contribution in [3.05, 3.63) is 73.7 Å². The van der Waals surface area contributed by atoms with E-state index in [1.54, 1.807) is 12.1 Å². The topological polar surface area (TPSA) is 55.2 Å². The Kier molecular flexibility index (Phi) is 4.03. The van der Waals surface area contributed by atoms with Gasteiger partial charge in [0.25, 0.3) is 5.69 Å². The van der Waals surface area contributed by atoms with Crippen LogP contribution in [0.4, 0.5) is 5.69 Å². The lowest BCUT2D eigenvalue weighted by Crippen LogP contribution is -2.18. The maximum absolute atomic E-state index is 10.6. The van der Waals surface area contributed by atoms with E-state index in [0.29, 0.717) is 6.04 Å². The van der Waals surface area contributed by atoms with Crippen molar-refractivity contribution in [2.24, 2.45) is 0 Å². The molecule has 2 aromatic carbocycles. The lowest BCUT2D eigenvalue weighted by molar-refractivity contribution is -0.384. The van der Waals surface area contributed by atoms with Crippen LogP contribution in [0, 0.1) is 10.1 Å². The zero-order chi connectivity index (χ0) is 14.8. The molecule has 1 unspecified atom stereocenters. The molecule has 2 aromatic rings. The Morgan fingerprint density at radius 1 is 1.24 bits per heavy atom. The van der Waals surface area contributed by atoms with E-state index in [1.807, 2.05) is 12.1 Å². The summed E-state index contributed by atoms with van der Waals surface area (Å²) < 4.78 is 1.12. The number of non-ortho nitro benzene ring substituents is 1. The molecule has 0 fully saturated rings. The highest BCUT2D eigenvalue weighted by Gasteiger charge is 2.21. The van der Waals surface area contributed by atoms with Crippen molar-refractivity contribution in [3.63, 3.8) is 0 Å². The molecule has 1 N–H and O–H groups in total. The molecule has 5 heteroatoms. The normalized spacial score (nSPS) is 16.7. The Balaban J connectivity index is 1.65. The van der Waals surface area contributed by atoms with E-state index in [-0.39, 0.29) is 10.6 Å². The quantitative estimate of drug-likeness (QED) is 0.668. The van der Waals surface area contributed by atoms with Crippen LogP contribution in [0.2, 0.25) is 0 Å². The van der Waals surface area contributed by atoms with E-state index < -0.39 is 0 Å². The van der Waals surface area contributed by atoms with Gasteiger partial charge in [-0.15, -0.1) is 0 Å². The maximum atomic E-state index is 10.6. The van der Waals surface area contributed by atoms with Gasteiger partial charge < -0.3 is 5.32 Å². The van der Waals surface area contributed by atoms with E-state index in [4.69, 9.17) is 0 Å². The number of nitrogens with one attached hydrogen (secondary N) is 1. The number of fused-ring (bicyclic) bond motifs is 1. The van der Waals surface area contributed by atoms with Crippen molar-refractivity contribution in [1.29, 1.82) is 0 Å². The highest BCUT2D eigenvalue weighted by molar-refractivity contribution is 9.10. The van der Waals surface area contributed by atoms with Crippen molar-refractivity contribution in [1.82, 2.24) is 5.32 Å². The summed E-state index contributed by atoms with van der Waals surface area (Å²) in [6.45, 7) is 0.720. The van der Waals surface area contributed by atoms with Crippen LogP contribution in [0.25, 0.3) is 0 Å². The highest BCUT2D eigenvalue weighted by atomic mass is 79.9. The Morgan fingerprint density at radius 3 is 2.71 bits per heavy atom. The number of nitrogens with zero attached hydrogens (tertiary/aromatic N) is 1. The number of hydrogen-bond acceptors (Lipinski definition) is 3. The van der Waals surface area contributed by atoms with Gasteiger partial charge in [0.15, 0.2) is 0 Å². The lowest BCUT2D eigenvalue weighted by Gasteiger charge is -2.14. The summed E-state index contributed by atoms with van der Waals surface area (Å²) in [6.07, 6.45) is 2.19. The minimum absolute atomic E-state index is 0.134. The van der Waals surface area contributed by atoms with Gasteiger partial charge in [0.05, 0.1) is 4.92 Å². The summed E-state index contributed by atoms with van der Waals surface area (Å²) >= 11 is 3.50. The van der Waals surface area contributed by atoms with Gasteiger partial charge in [-0.2, -0.15) is 0 Å². The van der Waals surface area contributed by atoms with E-state index in [1.165, 1.54) is 11.1 Å². The standard InChI is InChI=1S/C16H15BrN2O2/c17-13-4-7-15-12(9-13)3-8-16(15)18-10-11-1-5-14(6-2-11)19(20)21/h1-2,4-7,9,16,18H,3,8,10H2. The first-order valence-corrected chi connectivity index (χ1v) is 7.68. The molecule has 108 valence electrons. The third-order valence-electron chi connectivity index (χ3n) is 3.88. The van der Waals surface area contributed by atoms with Crippen molar-refractivity contribution >= 4 is 21.6 Å². The molecule has 0 radical (unpaired) electrons. The molecule has 0 amide bonds. The minimum Gasteiger partial charge on any atom is -0.306 e. The molecular weight excluding hydrogens is 332 g/mol. The average Bonchev–Trinajstić information content (AvgIpc) is 2.87. The summed E-state index contributed by atoms with van der Waals surface area (Å²) in [7, 11) is 0. The van der Waals surface area contributed by atoms with E-state index >= 15 is 0 Å². The van der Waals surface area contributed by atoms with Crippen molar-refractivity contribution < 1.29 is 4.92 Å². The van der Waals surface area contributed by atoms with Gasteiger partial charge in [-0.1, -0.05) is 34.1 Å². The van der Waals surface area contributed by atoms with Gasteiger partial charge in [0.2, 0.25) is 0 Å². The van der Waals surface area contributed by atoms with Gasteiger partial charge in [-0.05, 0) is 41.7 Å². The molecule has 0 spiro atoms. The molecule has 1 aliphatic rings. The fourth-order valence-electron chi connectivity index (χ4n) is 2.77. The summed E-state index contributed by atoms with van der Waals surface area (Å²) in [5.41, 5.74) is 3.95. The number of nitro groups is 1. The van der Waals surface area contributed by atoms with Gasteiger partial charge >= 0.3 is 0 Å². The summed E-state index contributed by atoms with van der Waals surface area (Å²) in [5, 5.41) is 14.2. The zero-order valence-corrected chi connectivity index (χ0v) is 13.0. The zero-order valence-electron chi connectivity index (χ0n) is 11.4. The van der Waals surface area contributed by atoms with E-state index in [2.05, 4.69) is 39.4 Å². The van der Waals surface area contributed by atoms with Crippen LogP contribution in [-0.2, 0) is 13.0 Å². The monoisotopic (exact) mass is 346 g/mol. The second-order valence-electron chi connectivity index (χ2n) is 5.24. The summed E-state index contributed by atoms with van der Waals surface area (Å²) in [6, 6.07) is 13.5. The third kappa shape index (κ3) is 3.14. The fourth-order valence-corrected chi connectivity index (χ4v) is 3.18. The van der Waals surface area contributed by atoms with Gasteiger partial charge in [0.1, 0.15) is 0 Å². The number of rotatable bonds is 4. The Labute approximate surface area is 131 Å². The second kappa shape index (κ2) is 5.95. The Morgan fingerprint density at radius 2 is 2.00 bits per heavy atom. The molecule has 0 heterocycles. The summed E-state index contributed by atoms with van der Waals surface area (Å²) in [5.74, 6) is 0. The van der Waals surface area contributed by atoms with Gasteiger partial charge in [-0.3, -0.25) is 10.1 Å². The van der Waals surface area contributed by atoms with E-state index in [9.17, 15) is 10.1 Å². The molecular formula is C16H15BrN2O2. The van der Waals surface area contributed by atoms with Crippen LogP contribution < -0.4 is 5.32 Å². The molecule has 0 bridgehead atoms. The molecule has 0 aromatic heterocycles. The van der Waals surface area contributed by atoms with Crippen LogP contribution in [0.15, 0.2) is 46.9 Å². The number of benzene rings is 2. The molecule has 3 rings (SSSR count). The molecule has 1 atom stereocenters. The smallest absolute Gasteiger partial charge is 0.269 e. The first-order chi connectivity index (χ1) is 10.1. The first kappa shape index (κ1) is 14.2. The largest absolute Gasteiger partial charge is 0.306 e. The number of aryl methyl sites for hydroxylation is 1. The lowest BCUT2D eigenvalue weighted by atomic mass is 10.1. The number of hydrogen-bond donors (Lipinski definition) is 1. The van der Waals surface area contributed by atoms with Crippen LogP contribution in [0.3, 0.4) is 0 Å². The Bertz CT molecular complexity index is 670. The van der Waals surface area contributed by atoms with Crippen LogP contribution in [-0.4, -0.2) is 4.92 Å². The molecule has 0 saturated carbocycles. The predicted molar refractivity (Wildman–Crippen MR) is 85.1 cm³/mol. The number of halogens is 1. The van der Waals surface area contributed by atoms with Crippen LogP contribution >= 0.6 is 15.9 Å². The van der Waals surface area contributed by atoms with Crippen LogP contribution in [0.5, 0.6) is 0 Å². The van der Waals surface area contributed by atoms with Crippen LogP contribution in [0.1, 0.15) is 29.2 Å². The van der Waals surface area contributed by atoms with Gasteiger partial charge in [-0.25, -0.2) is 0 Å². The SMILES string of the molecule is O=[N+]([O-])c1ccc(CNC2CCc3cc(Br)ccc32)cc1. The van der Waals surface area contributed by atoms with Crippen molar-refractivity contribution in [3.8, 4) is 0 Å². The van der Waals surface area contributed by atoms with E-state index in [0.717, 1.165) is 29.4 Å². The summed E-state index contributed by atoms with van der Waals surface area (Å²) in [4.78, 5) is 10.3. The molecule has 0 saturated heterocycles. The van der Waals surface area contributed by atoms with Crippen molar-refractivity contribution in [2.75, 3.05) is 0 Å². The predicted octanol–water partition coefficient (Wildman–Crippen LogP) is 4.13. The molecule has 0 aliphatic heterocycles. The van der Waals surface area contributed by atoms with Crippen molar-refractivity contribution in [2.45, 2.75) is 25.4 Å². The first-order valence-electron chi connectivity index (χ1n) is 6.88. The highest BCUT2D eigenvalue weighted by Crippen LogP contribution is 2.33. The average molecular weight is 347 g/mol. The number of nitro benzene ring substituents is 1. The molecule has 1 aliphatic carbocycles.